The van der Waals surface area contributed by atoms with Crippen LogP contribution in [0.1, 0.15) is 52.4 Å². The SMILES string of the molecule is CCCCCCCCOP(=O)(O)C(C)(N)P(=O)(O)O. The Kier molecular flexibility index (Phi) is 8.00. The fourth-order valence-electron chi connectivity index (χ4n) is 1.37. The van der Waals surface area contributed by atoms with Crippen LogP contribution in [0.3, 0.4) is 0 Å². The highest BCUT2D eigenvalue weighted by atomic mass is 31.2. The predicted octanol–water partition coefficient (Wildman–Crippen LogP) is 2.36. The Labute approximate surface area is 114 Å². The maximum Gasteiger partial charge on any atom is 0.359 e. The fraction of sp³-hybridized carbons (Fsp3) is 1.00. The second-order valence-corrected chi connectivity index (χ2v) is 9.36. The first-order valence-corrected chi connectivity index (χ1v) is 9.57. The van der Waals surface area contributed by atoms with Gasteiger partial charge in [-0.1, -0.05) is 39.0 Å². The molecule has 2 atom stereocenters. The lowest BCUT2D eigenvalue weighted by atomic mass is 10.1. The van der Waals surface area contributed by atoms with Crippen molar-refractivity contribution in [2.75, 3.05) is 6.61 Å². The van der Waals surface area contributed by atoms with Crippen molar-refractivity contribution in [1.82, 2.24) is 0 Å². The molecule has 0 fully saturated rings. The third-order valence-corrected chi connectivity index (χ3v) is 7.32. The Balaban J connectivity index is 4.12. The summed E-state index contributed by atoms with van der Waals surface area (Å²) in [5.74, 6) is 0. The summed E-state index contributed by atoms with van der Waals surface area (Å²) in [5.41, 5.74) is 5.25. The summed E-state index contributed by atoms with van der Waals surface area (Å²) in [6, 6.07) is 0. The summed E-state index contributed by atoms with van der Waals surface area (Å²) in [7, 11) is -9.48. The van der Waals surface area contributed by atoms with Crippen LogP contribution in [0, 0.1) is 0 Å². The minimum atomic E-state index is -4.92. The third-order valence-electron chi connectivity index (χ3n) is 2.93. The molecule has 0 saturated heterocycles. The van der Waals surface area contributed by atoms with Crippen molar-refractivity contribution < 1.29 is 28.3 Å². The van der Waals surface area contributed by atoms with Gasteiger partial charge in [0.2, 0.25) is 5.02 Å². The summed E-state index contributed by atoms with van der Waals surface area (Å²) in [6.45, 7) is 2.90. The lowest BCUT2D eigenvalue weighted by Gasteiger charge is -2.29. The number of rotatable bonds is 10. The molecule has 7 nitrogen and oxygen atoms in total. The Bertz CT molecular complexity index is 354. The van der Waals surface area contributed by atoms with Gasteiger partial charge >= 0.3 is 15.2 Å². The molecule has 0 rings (SSSR count). The summed E-state index contributed by atoms with van der Waals surface area (Å²) in [4.78, 5) is 27.4. The van der Waals surface area contributed by atoms with E-state index in [4.69, 9.17) is 20.0 Å². The van der Waals surface area contributed by atoms with E-state index in [1.807, 2.05) is 0 Å². The van der Waals surface area contributed by atoms with Gasteiger partial charge in [0.05, 0.1) is 6.61 Å². The second-order valence-electron chi connectivity index (χ2n) is 4.76. The van der Waals surface area contributed by atoms with Gasteiger partial charge in [0, 0.05) is 0 Å². The molecule has 0 bridgehead atoms. The van der Waals surface area contributed by atoms with Gasteiger partial charge in [-0.05, 0) is 13.3 Å². The van der Waals surface area contributed by atoms with Crippen LogP contribution in [0.5, 0.6) is 0 Å². The minimum absolute atomic E-state index is 0.0350. The topological polar surface area (TPSA) is 130 Å². The lowest BCUT2D eigenvalue weighted by Crippen LogP contribution is -2.36. The van der Waals surface area contributed by atoms with E-state index in [9.17, 15) is 14.0 Å². The molecule has 0 aromatic heterocycles. The molecule has 19 heavy (non-hydrogen) atoms. The Morgan fingerprint density at radius 1 is 1.05 bits per heavy atom. The molecule has 0 aliphatic rings. The van der Waals surface area contributed by atoms with Crippen LogP contribution >= 0.6 is 15.2 Å². The first kappa shape index (κ1) is 19.3. The zero-order valence-electron chi connectivity index (χ0n) is 11.5. The average molecular weight is 317 g/mol. The van der Waals surface area contributed by atoms with Gasteiger partial charge in [-0.25, -0.2) is 0 Å². The molecular formula is C10H25NO6P2. The molecule has 0 aromatic carbocycles. The van der Waals surface area contributed by atoms with E-state index >= 15 is 0 Å². The first-order valence-electron chi connectivity index (χ1n) is 6.38. The van der Waals surface area contributed by atoms with Crippen LogP contribution in [0.25, 0.3) is 0 Å². The van der Waals surface area contributed by atoms with Crippen molar-refractivity contribution in [1.29, 1.82) is 0 Å². The molecule has 9 heteroatoms. The fourth-order valence-corrected chi connectivity index (χ4v) is 3.49. The van der Waals surface area contributed by atoms with Gasteiger partial charge in [0.15, 0.2) is 0 Å². The van der Waals surface area contributed by atoms with Crippen LogP contribution in [0.4, 0.5) is 0 Å². The van der Waals surface area contributed by atoms with Crippen LogP contribution < -0.4 is 5.73 Å². The highest BCUT2D eigenvalue weighted by molar-refractivity contribution is 7.72. The Hall–Kier alpha value is 0.260. The van der Waals surface area contributed by atoms with Gasteiger partial charge in [-0.3, -0.25) is 9.13 Å². The second kappa shape index (κ2) is 7.89. The van der Waals surface area contributed by atoms with Crippen molar-refractivity contribution >= 4 is 15.2 Å². The summed E-state index contributed by atoms with van der Waals surface area (Å²) >= 11 is 0. The first-order chi connectivity index (χ1) is 8.56. The number of unbranched alkanes of at least 4 members (excludes halogenated alkanes) is 5. The molecule has 0 aliphatic carbocycles. The van der Waals surface area contributed by atoms with Crippen LogP contribution in [0.15, 0.2) is 0 Å². The zero-order valence-corrected chi connectivity index (χ0v) is 13.3. The van der Waals surface area contributed by atoms with E-state index in [2.05, 4.69) is 6.92 Å². The molecule has 0 heterocycles. The van der Waals surface area contributed by atoms with Crippen LogP contribution in [0.2, 0.25) is 0 Å². The van der Waals surface area contributed by atoms with E-state index in [0.29, 0.717) is 6.42 Å². The maximum absolute atomic E-state index is 11.7. The van der Waals surface area contributed by atoms with Gasteiger partial charge in [-0.2, -0.15) is 0 Å². The molecular weight excluding hydrogens is 292 g/mol. The van der Waals surface area contributed by atoms with Crippen LogP contribution in [-0.2, 0) is 13.7 Å². The zero-order chi connectivity index (χ0) is 15.2. The predicted molar refractivity (Wildman–Crippen MR) is 73.8 cm³/mol. The van der Waals surface area contributed by atoms with E-state index in [-0.39, 0.29) is 6.61 Å². The Morgan fingerprint density at radius 3 is 2.00 bits per heavy atom. The smallest absolute Gasteiger partial charge is 0.323 e. The van der Waals surface area contributed by atoms with Gasteiger partial charge < -0.3 is 24.9 Å². The van der Waals surface area contributed by atoms with Crippen molar-refractivity contribution in [2.45, 2.75) is 57.4 Å². The quantitative estimate of drug-likeness (QED) is 0.359. The highest BCUT2D eigenvalue weighted by Gasteiger charge is 2.55. The summed E-state index contributed by atoms with van der Waals surface area (Å²) < 4.78 is 27.5. The lowest BCUT2D eigenvalue weighted by molar-refractivity contribution is 0.234. The molecule has 116 valence electrons. The summed E-state index contributed by atoms with van der Waals surface area (Å²) in [5, 5.41) is -2.57. The maximum atomic E-state index is 11.7. The average Bonchev–Trinajstić information content (AvgIpc) is 2.26. The third kappa shape index (κ3) is 6.05. The highest BCUT2D eigenvalue weighted by Crippen LogP contribution is 2.68. The molecule has 0 radical (unpaired) electrons. The van der Waals surface area contributed by atoms with Gasteiger partial charge in [-0.15, -0.1) is 0 Å². The van der Waals surface area contributed by atoms with Gasteiger partial charge in [0.25, 0.3) is 0 Å². The van der Waals surface area contributed by atoms with Gasteiger partial charge in [0.1, 0.15) is 0 Å². The van der Waals surface area contributed by atoms with Crippen LogP contribution in [-0.4, -0.2) is 26.3 Å². The van der Waals surface area contributed by atoms with Crippen molar-refractivity contribution in [3.63, 3.8) is 0 Å². The number of hydrogen-bond donors (Lipinski definition) is 4. The molecule has 0 amide bonds. The molecule has 5 N–H and O–H groups in total. The van der Waals surface area contributed by atoms with E-state index in [0.717, 1.165) is 39.0 Å². The van der Waals surface area contributed by atoms with E-state index in [1.54, 1.807) is 0 Å². The number of nitrogens with two attached hydrogens (primary N) is 1. The minimum Gasteiger partial charge on any atom is -0.323 e. The molecule has 0 saturated carbocycles. The van der Waals surface area contributed by atoms with E-state index in [1.165, 1.54) is 0 Å². The van der Waals surface area contributed by atoms with Crippen molar-refractivity contribution in [2.24, 2.45) is 5.73 Å². The van der Waals surface area contributed by atoms with Crippen molar-refractivity contribution in [3.8, 4) is 0 Å². The monoisotopic (exact) mass is 317 g/mol. The van der Waals surface area contributed by atoms with E-state index < -0.39 is 20.2 Å². The Morgan fingerprint density at radius 2 is 1.53 bits per heavy atom. The van der Waals surface area contributed by atoms with Crippen molar-refractivity contribution in [3.05, 3.63) is 0 Å². The summed E-state index contributed by atoms with van der Waals surface area (Å²) in [6.07, 6.45) is 5.80. The molecule has 2 unspecified atom stereocenters. The molecule has 0 aromatic rings. The standard InChI is InChI=1S/C10H25NO6P2/c1-3-4-5-6-7-8-9-17-19(15,16)10(2,11)18(12,13)14/h3-9,11H2,1-2H3,(H,15,16)(H2,12,13,14). The molecule has 0 aliphatic heterocycles. The molecule has 0 spiro atoms. The number of hydrogen-bond acceptors (Lipinski definition) is 4. The normalized spacial score (nSPS) is 18.8. The largest absolute Gasteiger partial charge is 0.359 e.